The summed E-state index contributed by atoms with van der Waals surface area (Å²) in [5.74, 6) is 0.00994. The van der Waals surface area contributed by atoms with Crippen LogP contribution in [0.15, 0.2) is 0 Å². The van der Waals surface area contributed by atoms with Crippen molar-refractivity contribution >= 4 is 5.97 Å². The Balaban J connectivity index is 2.03. The van der Waals surface area contributed by atoms with Crippen molar-refractivity contribution in [1.29, 1.82) is 0 Å². The van der Waals surface area contributed by atoms with Crippen LogP contribution in [0.5, 0.6) is 0 Å². The number of hydrogen-bond acceptors (Lipinski definition) is 3. The largest absolute Gasteiger partial charge is 0.481 e. The van der Waals surface area contributed by atoms with Crippen LogP contribution >= 0.6 is 0 Å². The first-order chi connectivity index (χ1) is 8.02. The SMILES string of the molecule is CC1CCC(O)(CNCCCCC(=O)O)CC1. The van der Waals surface area contributed by atoms with Gasteiger partial charge in [-0.05, 0) is 51.0 Å². The maximum Gasteiger partial charge on any atom is 0.303 e. The number of rotatable bonds is 7. The van der Waals surface area contributed by atoms with Crippen molar-refractivity contribution in [3.63, 3.8) is 0 Å². The smallest absolute Gasteiger partial charge is 0.303 e. The van der Waals surface area contributed by atoms with Crippen molar-refractivity contribution in [2.75, 3.05) is 13.1 Å². The zero-order valence-corrected chi connectivity index (χ0v) is 10.7. The van der Waals surface area contributed by atoms with E-state index in [1.165, 1.54) is 0 Å². The van der Waals surface area contributed by atoms with Crippen LogP contribution < -0.4 is 5.32 Å². The molecule has 17 heavy (non-hydrogen) atoms. The molecule has 1 aliphatic carbocycles. The third kappa shape index (κ3) is 6.03. The summed E-state index contributed by atoms with van der Waals surface area (Å²) in [6.07, 6.45) is 5.79. The molecule has 0 radical (unpaired) electrons. The summed E-state index contributed by atoms with van der Waals surface area (Å²) in [5.41, 5.74) is -0.528. The number of aliphatic carboxylic acids is 1. The monoisotopic (exact) mass is 243 g/mol. The van der Waals surface area contributed by atoms with Crippen LogP contribution in [-0.4, -0.2) is 34.9 Å². The van der Waals surface area contributed by atoms with Gasteiger partial charge in [-0.15, -0.1) is 0 Å². The second-order valence-electron chi connectivity index (χ2n) is 5.43. The molecular weight excluding hydrogens is 218 g/mol. The van der Waals surface area contributed by atoms with Gasteiger partial charge in [-0.3, -0.25) is 4.79 Å². The van der Waals surface area contributed by atoms with E-state index in [1.54, 1.807) is 0 Å². The van der Waals surface area contributed by atoms with Crippen LogP contribution in [0.4, 0.5) is 0 Å². The fraction of sp³-hybridized carbons (Fsp3) is 0.923. The second kappa shape index (κ2) is 6.97. The molecule has 1 fully saturated rings. The van der Waals surface area contributed by atoms with E-state index in [4.69, 9.17) is 5.11 Å². The molecule has 4 nitrogen and oxygen atoms in total. The van der Waals surface area contributed by atoms with Crippen LogP contribution in [0.2, 0.25) is 0 Å². The molecule has 0 amide bonds. The molecule has 0 aliphatic heterocycles. The lowest BCUT2D eigenvalue weighted by Gasteiger charge is -2.35. The molecule has 1 rings (SSSR count). The summed E-state index contributed by atoms with van der Waals surface area (Å²) < 4.78 is 0. The van der Waals surface area contributed by atoms with Gasteiger partial charge in [0.1, 0.15) is 0 Å². The topological polar surface area (TPSA) is 69.6 Å². The van der Waals surface area contributed by atoms with Gasteiger partial charge < -0.3 is 15.5 Å². The van der Waals surface area contributed by atoms with Crippen molar-refractivity contribution in [2.24, 2.45) is 5.92 Å². The minimum Gasteiger partial charge on any atom is -0.481 e. The zero-order chi connectivity index (χ0) is 12.7. The molecule has 1 saturated carbocycles. The molecule has 0 heterocycles. The van der Waals surface area contributed by atoms with Crippen molar-refractivity contribution in [2.45, 2.75) is 57.5 Å². The van der Waals surface area contributed by atoms with Crippen LogP contribution in [0.25, 0.3) is 0 Å². The Kier molecular flexibility index (Phi) is 5.92. The average Bonchev–Trinajstić information content (AvgIpc) is 2.28. The maximum absolute atomic E-state index is 10.3. The molecule has 0 aromatic carbocycles. The quantitative estimate of drug-likeness (QED) is 0.596. The van der Waals surface area contributed by atoms with Crippen LogP contribution in [0.1, 0.15) is 51.9 Å². The van der Waals surface area contributed by atoms with E-state index in [1.807, 2.05) is 0 Å². The number of carbonyl (C=O) groups is 1. The molecule has 0 bridgehead atoms. The Morgan fingerprint density at radius 3 is 2.59 bits per heavy atom. The molecule has 0 aromatic heterocycles. The molecule has 0 atom stereocenters. The summed E-state index contributed by atoms with van der Waals surface area (Å²) in [5, 5.41) is 22.0. The first-order valence-electron chi connectivity index (χ1n) is 6.67. The van der Waals surface area contributed by atoms with Crippen LogP contribution in [0, 0.1) is 5.92 Å². The highest BCUT2D eigenvalue weighted by atomic mass is 16.4. The van der Waals surface area contributed by atoms with Crippen molar-refractivity contribution < 1.29 is 15.0 Å². The van der Waals surface area contributed by atoms with E-state index in [0.29, 0.717) is 13.0 Å². The Bertz CT molecular complexity index is 235. The van der Waals surface area contributed by atoms with Gasteiger partial charge in [0.15, 0.2) is 0 Å². The van der Waals surface area contributed by atoms with Gasteiger partial charge in [0.25, 0.3) is 0 Å². The molecule has 0 saturated heterocycles. The minimum absolute atomic E-state index is 0.240. The summed E-state index contributed by atoms with van der Waals surface area (Å²) in [6.45, 7) is 3.68. The fourth-order valence-corrected chi connectivity index (χ4v) is 2.32. The minimum atomic E-state index is -0.732. The van der Waals surface area contributed by atoms with Gasteiger partial charge in [-0.2, -0.15) is 0 Å². The molecule has 0 unspecified atom stereocenters. The van der Waals surface area contributed by atoms with E-state index >= 15 is 0 Å². The van der Waals surface area contributed by atoms with Gasteiger partial charge in [-0.25, -0.2) is 0 Å². The van der Waals surface area contributed by atoms with Gasteiger partial charge in [0, 0.05) is 13.0 Å². The highest BCUT2D eigenvalue weighted by Gasteiger charge is 2.30. The first-order valence-corrected chi connectivity index (χ1v) is 6.67. The third-order valence-corrected chi connectivity index (χ3v) is 3.65. The Morgan fingerprint density at radius 2 is 2.00 bits per heavy atom. The molecule has 3 N–H and O–H groups in total. The number of nitrogens with one attached hydrogen (secondary N) is 1. The highest BCUT2D eigenvalue weighted by molar-refractivity contribution is 5.66. The number of aliphatic hydroxyl groups is 1. The maximum atomic E-state index is 10.3. The van der Waals surface area contributed by atoms with Gasteiger partial charge >= 0.3 is 5.97 Å². The predicted molar refractivity (Wildman–Crippen MR) is 66.9 cm³/mol. The molecule has 0 aromatic rings. The van der Waals surface area contributed by atoms with Crippen molar-refractivity contribution in [3.8, 4) is 0 Å². The van der Waals surface area contributed by atoms with Crippen LogP contribution in [-0.2, 0) is 4.79 Å². The lowest BCUT2D eigenvalue weighted by atomic mass is 9.79. The first kappa shape index (κ1) is 14.5. The number of carboxylic acids is 1. The Morgan fingerprint density at radius 1 is 1.35 bits per heavy atom. The fourth-order valence-electron chi connectivity index (χ4n) is 2.32. The standard InChI is InChI=1S/C13H25NO3/c1-11-5-7-13(17,8-6-11)10-14-9-3-2-4-12(15)16/h11,14,17H,2-10H2,1H3,(H,15,16). The molecular formula is C13H25NO3. The van der Waals surface area contributed by atoms with E-state index < -0.39 is 11.6 Å². The molecule has 0 spiro atoms. The summed E-state index contributed by atoms with van der Waals surface area (Å²) in [6, 6.07) is 0. The summed E-state index contributed by atoms with van der Waals surface area (Å²) >= 11 is 0. The summed E-state index contributed by atoms with van der Waals surface area (Å²) in [4.78, 5) is 10.3. The van der Waals surface area contributed by atoms with Gasteiger partial charge in [0.2, 0.25) is 0 Å². The lowest BCUT2D eigenvalue weighted by Crippen LogP contribution is -2.43. The number of unbranched alkanes of at least 4 members (excludes halogenated alkanes) is 1. The second-order valence-corrected chi connectivity index (χ2v) is 5.43. The molecule has 4 heteroatoms. The molecule has 1 aliphatic rings. The number of carboxylic acid groups (broad SMARTS) is 1. The predicted octanol–water partition coefficient (Wildman–Crippen LogP) is 1.77. The van der Waals surface area contributed by atoms with Gasteiger partial charge in [0.05, 0.1) is 5.60 Å². The van der Waals surface area contributed by atoms with Crippen LogP contribution in [0.3, 0.4) is 0 Å². The van der Waals surface area contributed by atoms with Crippen molar-refractivity contribution in [1.82, 2.24) is 5.32 Å². The van der Waals surface area contributed by atoms with Gasteiger partial charge in [-0.1, -0.05) is 6.92 Å². The van der Waals surface area contributed by atoms with E-state index in [0.717, 1.165) is 44.6 Å². The lowest BCUT2D eigenvalue weighted by molar-refractivity contribution is -0.137. The number of hydrogen-bond donors (Lipinski definition) is 3. The normalized spacial score (nSPS) is 29.2. The Hall–Kier alpha value is -0.610. The Labute approximate surface area is 103 Å². The third-order valence-electron chi connectivity index (χ3n) is 3.65. The molecule has 100 valence electrons. The van der Waals surface area contributed by atoms with E-state index in [2.05, 4.69) is 12.2 Å². The summed E-state index contributed by atoms with van der Waals surface area (Å²) in [7, 11) is 0. The highest BCUT2D eigenvalue weighted by Crippen LogP contribution is 2.31. The van der Waals surface area contributed by atoms with E-state index in [-0.39, 0.29) is 6.42 Å². The van der Waals surface area contributed by atoms with E-state index in [9.17, 15) is 9.90 Å². The zero-order valence-electron chi connectivity index (χ0n) is 10.7. The van der Waals surface area contributed by atoms with Crippen molar-refractivity contribution in [3.05, 3.63) is 0 Å². The average molecular weight is 243 g/mol.